The number of hydrogen-bond donors (Lipinski definition) is 2. The summed E-state index contributed by atoms with van der Waals surface area (Å²) in [7, 11) is 0. The third-order valence-corrected chi connectivity index (χ3v) is 2.31. The molecule has 4 nitrogen and oxygen atoms in total. The van der Waals surface area contributed by atoms with Crippen molar-refractivity contribution in [2.45, 2.75) is 19.9 Å². The second-order valence-corrected chi connectivity index (χ2v) is 4.00. The molecule has 5 heteroatoms. The van der Waals surface area contributed by atoms with Crippen molar-refractivity contribution < 1.29 is 5.11 Å². The Labute approximate surface area is 90.9 Å². The van der Waals surface area contributed by atoms with E-state index < -0.39 is 0 Å². The number of nitrogens with one attached hydrogen (secondary N) is 1. The van der Waals surface area contributed by atoms with Crippen LogP contribution in [0.15, 0.2) is 6.20 Å². The first-order valence-corrected chi connectivity index (χ1v) is 5.08. The number of rotatable bonds is 3. The predicted molar refractivity (Wildman–Crippen MR) is 59.7 cm³/mol. The fourth-order valence-corrected chi connectivity index (χ4v) is 1.25. The van der Waals surface area contributed by atoms with Gasteiger partial charge in [-0.25, -0.2) is 9.97 Å². The maximum absolute atomic E-state index is 8.85. The van der Waals surface area contributed by atoms with Gasteiger partial charge in [0.25, 0.3) is 0 Å². The minimum atomic E-state index is 0.0165. The number of aliphatic hydroxyl groups excluding tert-OH is 1. The standard InChI is InChI=1S/C8H12IN3O/c1-5(4-13)11-8-7(9)3-10-6(2)12-8/h3,5,13H,4H2,1-2H3,(H,10,11,12)/t5-/m1/s1. The van der Waals surface area contributed by atoms with Gasteiger partial charge in [0.05, 0.1) is 10.2 Å². The van der Waals surface area contributed by atoms with E-state index in [9.17, 15) is 0 Å². The second-order valence-electron chi connectivity index (χ2n) is 2.84. The molecule has 1 rings (SSSR count). The van der Waals surface area contributed by atoms with Crippen molar-refractivity contribution in [3.63, 3.8) is 0 Å². The molecule has 0 aliphatic carbocycles. The first-order valence-electron chi connectivity index (χ1n) is 4.00. The molecule has 0 aliphatic heterocycles. The van der Waals surface area contributed by atoms with E-state index in [0.29, 0.717) is 0 Å². The van der Waals surface area contributed by atoms with Crippen LogP contribution in [0.5, 0.6) is 0 Å². The average molecular weight is 293 g/mol. The zero-order chi connectivity index (χ0) is 9.84. The molecule has 1 aromatic heterocycles. The first kappa shape index (κ1) is 10.6. The van der Waals surface area contributed by atoms with Crippen LogP contribution in [-0.2, 0) is 0 Å². The lowest BCUT2D eigenvalue weighted by Gasteiger charge is -2.12. The third-order valence-electron chi connectivity index (χ3n) is 1.52. The van der Waals surface area contributed by atoms with E-state index in [2.05, 4.69) is 37.9 Å². The molecule has 1 aromatic rings. The Balaban J connectivity index is 2.81. The van der Waals surface area contributed by atoms with Crippen LogP contribution in [0.2, 0.25) is 0 Å². The van der Waals surface area contributed by atoms with E-state index in [0.717, 1.165) is 15.2 Å². The summed E-state index contributed by atoms with van der Waals surface area (Å²) < 4.78 is 0.962. The van der Waals surface area contributed by atoms with Gasteiger partial charge in [0.1, 0.15) is 11.6 Å². The normalized spacial score (nSPS) is 12.6. The Morgan fingerprint density at radius 3 is 3.00 bits per heavy atom. The molecule has 0 amide bonds. The minimum absolute atomic E-state index is 0.0165. The monoisotopic (exact) mass is 293 g/mol. The summed E-state index contributed by atoms with van der Waals surface area (Å²) in [5, 5.41) is 11.9. The van der Waals surface area contributed by atoms with Crippen LogP contribution >= 0.6 is 22.6 Å². The zero-order valence-corrected chi connectivity index (χ0v) is 9.74. The van der Waals surface area contributed by atoms with Crippen molar-refractivity contribution in [3.05, 3.63) is 15.6 Å². The van der Waals surface area contributed by atoms with Crippen LogP contribution in [0.3, 0.4) is 0 Å². The quantitative estimate of drug-likeness (QED) is 0.822. The molecule has 0 spiro atoms. The highest BCUT2D eigenvalue weighted by molar-refractivity contribution is 14.1. The van der Waals surface area contributed by atoms with E-state index in [1.807, 2.05) is 13.8 Å². The van der Waals surface area contributed by atoms with Gasteiger partial charge >= 0.3 is 0 Å². The number of anilines is 1. The van der Waals surface area contributed by atoms with E-state index in [-0.39, 0.29) is 12.6 Å². The predicted octanol–water partition coefficient (Wildman–Crippen LogP) is 1.18. The van der Waals surface area contributed by atoms with Gasteiger partial charge in [-0.1, -0.05) is 0 Å². The highest BCUT2D eigenvalue weighted by Crippen LogP contribution is 2.14. The largest absolute Gasteiger partial charge is 0.394 e. The van der Waals surface area contributed by atoms with Crippen molar-refractivity contribution >= 4 is 28.4 Å². The van der Waals surface area contributed by atoms with Gasteiger partial charge in [-0.3, -0.25) is 0 Å². The number of hydrogen-bond acceptors (Lipinski definition) is 4. The van der Waals surface area contributed by atoms with Gasteiger partial charge in [-0.15, -0.1) is 0 Å². The maximum Gasteiger partial charge on any atom is 0.143 e. The Hall–Kier alpha value is -0.430. The molecule has 72 valence electrons. The third kappa shape index (κ3) is 3.07. The fraction of sp³-hybridized carbons (Fsp3) is 0.500. The lowest BCUT2D eigenvalue weighted by molar-refractivity contribution is 0.281. The summed E-state index contributed by atoms with van der Waals surface area (Å²) in [6.45, 7) is 3.83. The lowest BCUT2D eigenvalue weighted by atomic mass is 10.3. The van der Waals surface area contributed by atoms with E-state index >= 15 is 0 Å². The van der Waals surface area contributed by atoms with Gasteiger partial charge in [0, 0.05) is 12.2 Å². The lowest BCUT2D eigenvalue weighted by Crippen LogP contribution is -2.21. The molecule has 0 fully saturated rings. The summed E-state index contributed by atoms with van der Waals surface area (Å²) >= 11 is 2.16. The van der Waals surface area contributed by atoms with Crippen LogP contribution in [0, 0.1) is 10.5 Å². The Morgan fingerprint density at radius 1 is 1.69 bits per heavy atom. The molecular weight excluding hydrogens is 281 g/mol. The summed E-state index contributed by atoms with van der Waals surface area (Å²) in [5.74, 6) is 1.52. The van der Waals surface area contributed by atoms with Crippen LogP contribution < -0.4 is 5.32 Å². The topological polar surface area (TPSA) is 58.0 Å². The van der Waals surface area contributed by atoms with Gasteiger partial charge in [0.15, 0.2) is 0 Å². The number of aromatic nitrogens is 2. The van der Waals surface area contributed by atoms with Crippen LogP contribution in [0.25, 0.3) is 0 Å². The van der Waals surface area contributed by atoms with Crippen LogP contribution in [0.1, 0.15) is 12.7 Å². The molecule has 0 saturated carbocycles. The van der Waals surface area contributed by atoms with E-state index in [1.165, 1.54) is 0 Å². The van der Waals surface area contributed by atoms with Crippen molar-refractivity contribution in [1.82, 2.24) is 9.97 Å². The van der Waals surface area contributed by atoms with E-state index in [1.54, 1.807) is 6.20 Å². The molecule has 0 unspecified atom stereocenters. The zero-order valence-electron chi connectivity index (χ0n) is 7.58. The molecule has 0 bridgehead atoms. The Kier molecular flexibility index (Phi) is 3.86. The molecule has 1 atom stereocenters. The Bertz CT molecular complexity index is 293. The molecule has 0 aromatic carbocycles. The van der Waals surface area contributed by atoms with Crippen molar-refractivity contribution in [2.75, 3.05) is 11.9 Å². The van der Waals surface area contributed by atoms with Gasteiger partial charge in [0.2, 0.25) is 0 Å². The molecule has 0 aliphatic rings. The molecule has 13 heavy (non-hydrogen) atoms. The number of aliphatic hydroxyl groups is 1. The summed E-state index contributed by atoms with van der Waals surface area (Å²) in [4.78, 5) is 8.27. The van der Waals surface area contributed by atoms with E-state index in [4.69, 9.17) is 5.11 Å². The van der Waals surface area contributed by atoms with Crippen molar-refractivity contribution in [3.8, 4) is 0 Å². The molecule has 0 radical (unpaired) electrons. The van der Waals surface area contributed by atoms with Crippen molar-refractivity contribution in [1.29, 1.82) is 0 Å². The molecule has 1 heterocycles. The smallest absolute Gasteiger partial charge is 0.143 e. The summed E-state index contributed by atoms with van der Waals surface area (Å²) in [6, 6.07) is 0.0165. The van der Waals surface area contributed by atoms with Crippen LogP contribution in [-0.4, -0.2) is 27.7 Å². The highest BCUT2D eigenvalue weighted by atomic mass is 127. The summed E-state index contributed by atoms with van der Waals surface area (Å²) in [6.07, 6.45) is 1.76. The SMILES string of the molecule is Cc1ncc(I)c(N[C@H](C)CO)n1. The number of nitrogens with zero attached hydrogens (tertiary/aromatic N) is 2. The molecular formula is C8H12IN3O. The maximum atomic E-state index is 8.85. The van der Waals surface area contributed by atoms with Gasteiger partial charge < -0.3 is 10.4 Å². The second kappa shape index (κ2) is 4.71. The minimum Gasteiger partial charge on any atom is -0.394 e. The number of halogens is 1. The number of aryl methyl sites for hydroxylation is 1. The summed E-state index contributed by atoms with van der Waals surface area (Å²) in [5.41, 5.74) is 0. The van der Waals surface area contributed by atoms with Crippen LogP contribution in [0.4, 0.5) is 5.82 Å². The fourth-order valence-electron chi connectivity index (χ4n) is 0.836. The van der Waals surface area contributed by atoms with Crippen molar-refractivity contribution in [2.24, 2.45) is 0 Å². The van der Waals surface area contributed by atoms with Gasteiger partial charge in [-0.05, 0) is 36.4 Å². The molecule has 2 N–H and O–H groups in total. The first-order chi connectivity index (χ1) is 6.13. The highest BCUT2D eigenvalue weighted by Gasteiger charge is 2.05. The van der Waals surface area contributed by atoms with Gasteiger partial charge in [-0.2, -0.15) is 0 Å². The molecule has 0 saturated heterocycles. The Morgan fingerprint density at radius 2 is 2.38 bits per heavy atom. The average Bonchev–Trinajstić information content (AvgIpc) is 2.11.